The molecule has 0 amide bonds. The number of aryl methyl sites for hydroxylation is 2. The van der Waals surface area contributed by atoms with Gasteiger partial charge in [-0.1, -0.05) is 0 Å². The predicted molar refractivity (Wildman–Crippen MR) is 70.3 cm³/mol. The average molecular weight is 236 g/mol. The SMILES string of the molecule is Cc1oc(C)c(CNCCCNC2CC2)c1C. The Kier molecular flexibility index (Phi) is 4.24. The summed E-state index contributed by atoms with van der Waals surface area (Å²) in [5.41, 5.74) is 2.63. The van der Waals surface area contributed by atoms with Crippen molar-refractivity contribution in [3.63, 3.8) is 0 Å². The van der Waals surface area contributed by atoms with Gasteiger partial charge in [0.25, 0.3) is 0 Å². The molecule has 1 aliphatic carbocycles. The summed E-state index contributed by atoms with van der Waals surface area (Å²) in [7, 11) is 0. The number of hydrogen-bond donors (Lipinski definition) is 2. The van der Waals surface area contributed by atoms with Crippen LogP contribution in [0.3, 0.4) is 0 Å². The molecule has 1 fully saturated rings. The van der Waals surface area contributed by atoms with Crippen molar-refractivity contribution in [2.24, 2.45) is 0 Å². The average Bonchev–Trinajstić information content (AvgIpc) is 3.07. The highest BCUT2D eigenvalue weighted by Crippen LogP contribution is 2.20. The molecule has 1 saturated carbocycles. The van der Waals surface area contributed by atoms with E-state index < -0.39 is 0 Å². The monoisotopic (exact) mass is 236 g/mol. The van der Waals surface area contributed by atoms with Crippen LogP contribution in [0.5, 0.6) is 0 Å². The third-order valence-corrected chi connectivity index (χ3v) is 3.55. The highest BCUT2D eigenvalue weighted by molar-refractivity contribution is 5.31. The number of nitrogens with one attached hydrogen (secondary N) is 2. The van der Waals surface area contributed by atoms with Gasteiger partial charge < -0.3 is 15.1 Å². The molecule has 3 heteroatoms. The van der Waals surface area contributed by atoms with Gasteiger partial charge >= 0.3 is 0 Å². The molecule has 0 spiro atoms. The normalized spacial score (nSPS) is 15.5. The summed E-state index contributed by atoms with van der Waals surface area (Å²) < 4.78 is 5.61. The Labute approximate surface area is 104 Å². The smallest absolute Gasteiger partial charge is 0.105 e. The van der Waals surface area contributed by atoms with Crippen LogP contribution < -0.4 is 10.6 Å². The van der Waals surface area contributed by atoms with E-state index in [1.165, 1.54) is 30.4 Å². The molecule has 17 heavy (non-hydrogen) atoms. The Morgan fingerprint density at radius 3 is 2.47 bits per heavy atom. The summed E-state index contributed by atoms with van der Waals surface area (Å²) in [6.45, 7) is 9.36. The van der Waals surface area contributed by atoms with E-state index in [0.717, 1.165) is 37.2 Å². The molecule has 0 saturated heterocycles. The zero-order valence-corrected chi connectivity index (χ0v) is 11.2. The van der Waals surface area contributed by atoms with E-state index in [0.29, 0.717) is 0 Å². The van der Waals surface area contributed by atoms with Crippen molar-refractivity contribution < 1.29 is 4.42 Å². The Morgan fingerprint density at radius 2 is 1.88 bits per heavy atom. The first kappa shape index (κ1) is 12.7. The first-order valence-electron chi connectivity index (χ1n) is 6.68. The van der Waals surface area contributed by atoms with Gasteiger partial charge in [0.1, 0.15) is 11.5 Å². The number of furan rings is 1. The maximum absolute atomic E-state index is 5.61. The summed E-state index contributed by atoms with van der Waals surface area (Å²) in [6, 6.07) is 0.830. The largest absolute Gasteiger partial charge is 0.466 e. The van der Waals surface area contributed by atoms with Crippen LogP contribution in [0.1, 0.15) is 41.9 Å². The van der Waals surface area contributed by atoms with Crippen molar-refractivity contribution in [1.29, 1.82) is 0 Å². The lowest BCUT2D eigenvalue weighted by Crippen LogP contribution is -2.23. The fourth-order valence-corrected chi connectivity index (χ4v) is 2.12. The quantitative estimate of drug-likeness (QED) is 0.714. The van der Waals surface area contributed by atoms with Crippen LogP contribution in [0.15, 0.2) is 4.42 Å². The molecular weight excluding hydrogens is 212 g/mol. The molecular formula is C14H24N2O. The van der Waals surface area contributed by atoms with Crippen molar-refractivity contribution in [3.05, 3.63) is 22.6 Å². The van der Waals surface area contributed by atoms with Crippen molar-refractivity contribution in [2.75, 3.05) is 13.1 Å². The highest BCUT2D eigenvalue weighted by atomic mass is 16.3. The summed E-state index contributed by atoms with van der Waals surface area (Å²) in [5.74, 6) is 2.11. The molecule has 1 heterocycles. The van der Waals surface area contributed by atoms with Crippen molar-refractivity contribution in [2.45, 2.75) is 52.6 Å². The van der Waals surface area contributed by atoms with Crippen LogP contribution in [0, 0.1) is 20.8 Å². The van der Waals surface area contributed by atoms with E-state index >= 15 is 0 Å². The van der Waals surface area contributed by atoms with E-state index in [2.05, 4.69) is 17.6 Å². The molecule has 2 rings (SSSR count). The van der Waals surface area contributed by atoms with Crippen LogP contribution in [0.2, 0.25) is 0 Å². The summed E-state index contributed by atoms with van der Waals surface area (Å²) in [4.78, 5) is 0. The van der Waals surface area contributed by atoms with E-state index in [1.54, 1.807) is 0 Å². The van der Waals surface area contributed by atoms with E-state index in [-0.39, 0.29) is 0 Å². The zero-order valence-electron chi connectivity index (χ0n) is 11.2. The van der Waals surface area contributed by atoms with Crippen LogP contribution in [0.25, 0.3) is 0 Å². The lowest BCUT2D eigenvalue weighted by Gasteiger charge is -2.06. The summed E-state index contributed by atoms with van der Waals surface area (Å²) in [6.07, 6.45) is 3.95. The standard InChI is InChI=1S/C14H24N2O/c1-10-11(2)17-12(3)14(10)9-15-7-4-8-16-13-5-6-13/h13,15-16H,4-9H2,1-3H3. The van der Waals surface area contributed by atoms with Crippen LogP contribution in [0.4, 0.5) is 0 Å². The van der Waals surface area contributed by atoms with Crippen molar-refractivity contribution in [1.82, 2.24) is 10.6 Å². The van der Waals surface area contributed by atoms with E-state index in [4.69, 9.17) is 4.42 Å². The molecule has 1 aromatic heterocycles. The molecule has 1 aromatic rings. The zero-order chi connectivity index (χ0) is 12.3. The topological polar surface area (TPSA) is 37.2 Å². The van der Waals surface area contributed by atoms with Gasteiger partial charge in [-0.2, -0.15) is 0 Å². The van der Waals surface area contributed by atoms with Gasteiger partial charge in [0.15, 0.2) is 0 Å². The van der Waals surface area contributed by atoms with Crippen molar-refractivity contribution in [3.8, 4) is 0 Å². The molecule has 96 valence electrons. The fourth-order valence-electron chi connectivity index (χ4n) is 2.12. The van der Waals surface area contributed by atoms with Gasteiger partial charge in [0.2, 0.25) is 0 Å². The van der Waals surface area contributed by atoms with Crippen molar-refractivity contribution >= 4 is 0 Å². The minimum atomic E-state index is 0.830. The Balaban J connectivity index is 1.63. The van der Waals surface area contributed by atoms with Crippen LogP contribution in [-0.2, 0) is 6.54 Å². The first-order chi connectivity index (χ1) is 8.18. The van der Waals surface area contributed by atoms with E-state index in [9.17, 15) is 0 Å². The second kappa shape index (κ2) is 5.69. The summed E-state index contributed by atoms with van der Waals surface area (Å²) in [5, 5.41) is 7.01. The van der Waals surface area contributed by atoms with E-state index in [1.807, 2.05) is 13.8 Å². The maximum atomic E-state index is 5.61. The molecule has 0 radical (unpaired) electrons. The minimum absolute atomic E-state index is 0.830. The van der Waals surface area contributed by atoms with Gasteiger partial charge in [-0.3, -0.25) is 0 Å². The van der Waals surface area contributed by atoms with Crippen LogP contribution in [-0.4, -0.2) is 19.1 Å². The molecule has 0 unspecified atom stereocenters. The Morgan fingerprint density at radius 1 is 1.12 bits per heavy atom. The molecule has 1 aliphatic rings. The highest BCUT2D eigenvalue weighted by Gasteiger charge is 2.19. The second-order valence-electron chi connectivity index (χ2n) is 5.08. The lowest BCUT2D eigenvalue weighted by molar-refractivity contribution is 0.497. The van der Waals surface area contributed by atoms with Gasteiger partial charge in [-0.05, 0) is 58.7 Å². The fraction of sp³-hybridized carbons (Fsp3) is 0.714. The molecule has 0 atom stereocenters. The maximum Gasteiger partial charge on any atom is 0.105 e. The molecule has 0 aromatic carbocycles. The summed E-state index contributed by atoms with van der Waals surface area (Å²) >= 11 is 0. The van der Waals surface area contributed by atoms with Gasteiger partial charge in [0, 0.05) is 18.2 Å². The second-order valence-corrected chi connectivity index (χ2v) is 5.08. The van der Waals surface area contributed by atoms with Crippen LogP contribution >= 0.6 is 0 Å². The first-order valence-corrected chi connectivity index (χ1v) is 6.68. The molecule has 0 aliphatic heterocycles. The third-order valence-electron chi connectivity index (χ3n) is 3.55. The number of rotatable bonds is 7. The third kappa shape index (κ3) is 3.58. The van der Waals surface area contributed by atoms with Gasteiger partial charge in [-0.15, -0.1) is 0 Å². The molecule has 3 nitrogen and oxygen atoms in total. The van der Waals surface area contributed by atoms with Gasteiger partial charge in [0.05, 0.1) is 0 Å². The Hall–Kier alpha value is -0.800. The molecule has 2 N–H and O–H groups in total. The minimum Gasteiger partial charge on any atom is -0.466 e. The Bertz CT molecular complexity index is 367. The lowest BCUT2D eigenvalue weighted by atomic mass is 10.1. The molecule has 0 bridgehead atoms. The predicted octanol–water partition coefficient (Wildman–Crippen LogP) is 2.44. The number of hydrogen-bond acceptors (Lipinski definition) is 3. The van der Waals surface area contributed by atoms with Gasteiger partial charge in [-0.25, -0.2) is 0 Å².